The van der Waals surface area contributed by atoms with Crippen molar-refractivity contribution in [1.29, 1.82) is 0 Å². The van der Waals surface area contributed by atoms with E-state index < -0.39 is 0 Å². The molecule has 1 aliphatic rings. The molecule has 20 heavy (non-hydrogen) atoms. The van der Waals surface area contributed by atoms with E-state index in [0.29, 0.717) is 17.5 Å². The van der Waals surface area contributed by atoms with Gasteiger partial charge in [0.2, 0.25) is 5.91 Å². The topological polar surface area (TPSA) is 58.4 Å². The molecule has 1 aliphatic heterocycles. The first-order chi connectivity index (χ1) is 9.45. The third-order valence-electron chi connectivity index (χ3n) is 3.88. The molecule has 1 heterocycles. The van der Waals surface area contributed by atoms with E-state index in [2.05, 4.69) is 10.2 Å². The van der Waals surface area contributed by atoms with E-state index in [-0.39, 0.29) is 11.9 Å². The lowest BCUT2D eigenvalue weighted by atomic mass is 10.0. The molecular formula is C15H22ClN3O. The van der Waals surface area contributed by atoms with E-state index in [1.165, 1.54) is 0 Å². The van der Waals surface area contributed by atoms with E-state index >= 15 is 0 Å². The molecule has 1 amide bonds. The van der Waals surface area contributed by atoms with Gasteiger partial charge in [-0.2, -0.15) is 0 Å². The van der Waals surface area contributed by atoms with Crippen LogP contribution in [0.1, 0.15) is 18.9 Å². The highest BCUT2D eigenvalue weighted by atomic mass is 35.5. The van der Waals surface area contributed by atoms with Crippen LogP contribution in [0, 0.1) is 12.8 Å². The molecule has 0 radical (unpaired) electrons. The Labute approximate surface area is 125 Å². The van der Waals surface area contributed by atoms with Gasteiger partial charge in [-0.3, -0.25) is 9.69 Å². The number of nitrogens with one attached hydrogen (secondary N) is 1. The van der Waals surface area contributed by atoms with Crippen molar-refractivity contribution in [3.8, 4) is 0 Å². The van der Waals surface area contributed by atoms with Crippen LogP contribution < -0.4 is 11.1 Å². The number of anilines is 1. The van der Waals surface area contributed by atoms with Crippen LogP contribution >= 0.6 is 11.6 Å². The van der Waals surface area contributed by atoms with Gasteiger partial charge >= 0.3 is 0 Å². The summed E-state index contributed by atoms with van der Waals surface area (Å²) in [5.74, 6) is 0.492. The van der Waals surface area contributed by atoms with Crippen LogP contribution in [-0.4, -0.2) is 36.5 Å². The number of aryl methyl sites for hydroxylation is 1. The Bertz CT molecular complexity index is 490. The van der Waals surface area contributed by atoms with Crippen molar-refractivity contribution >= 4 is 23.2 Å². The predicted octanol–water partition coefficient (Wildman–Crippen LogP) is 2.26. The van der Waals surface area contributed by atoms with Gasteiger partial charge in [0.15, 0.2) is 0 Å². The molecule has 0 aliphatic carbocycles. The highest BCUT2D eigenvalue weighted by molar-refractivity contribution is 6.31. The smallest absolute Gasteiger partial charge is 0.238 e. The molecule has 2 rings (SSSR count). The minimum atomic E-state index is -0.00440. The third kappa shape index (κ3) is 3.95. The van der Waals surface area contributed by atoms with Gasteiger partial charge in [-0.25, -0.2) is 0 Å². The molecule has 0 bridgehead atoms. The number of nitrogens with zero attached hydrogens (tertiary/aromatic N) is 1. The summed E-state index contributed by atoms with van der Waals surface area (Å²) in [6.07, 6.45) is 1.07. The summed E-state index contributed by atoms with van der Waals surface area (Å²) in [4.78, 5) is 14.2. The highest BCUT2D eigenvalue weighted by Crippen LogP contribution is 2.21. The summed E-state index contributed by atoms with van der Waals surface area (Å²) in [7, 11) is 0. The Morgan fingerprint density at radius 2 is 2.35 bits per heavy atom. The van der Waals surface area contributed by atoms with E-state index in [9.17, 15) is 4.79 Å². The first-order valence-corrected chi connectivity index (χ1v) is 7.37. The molecule has 4 nitrogen and oxygen atoms in total. The zero-order chi connectivity index (χ0) is 14.7. The highest BCUT2D eigenvalue weighted by Gasteiger charge is 2.26. The maximum Gasteiger partial charge on any atom is 0.238 e. The Morgan fingerprint density at radius 1 is 1.60 bits per heavy atom. The molecule has 0 spiro atoms. The standard InChI is InChI=1S/C15H22ClN3O/c1-10-3-4-13(7-14(10)16)18-15(20)9-19-6-5-12(8-19)11(2)17/h3-4,7,11-12H,5-6,8-9,17H2,1-2H3,(H,18,20). The number of benzene rings is 1. The second kappa shape index (κ2) is 6.57. The van der Waals surface area contributed by atoms with Gasteiger partial charge in [0.05, 0.1) is 6.54 Å². The Morgan fingerprint density at radius 3 is 2.95 bits per heavy atom. The lowest BCUT2D eigenvalue weighted by Crippen LogP contribution is -2.34. The Hall–Kier alpha value is -1.10. The van der Waals surface area contributed by atoms with Crippen molar-refractivity contribution in [1.82, 2.24) is 4.90 Å². The van der Waals surface area contributed by atoms with Gasteiger partial charge in [-0.1, -0.05) is 17.7 Å². The largest absolute Gasteiger partial charge is 0.328 e. The normalized spacial score (nSPS) is 20.9. The van der Waals surface area contributed by atoms with E-state index in [0.717, 1.165) is 30.8 Å². The van der Waals surface area contributed by atoms with Gasteiger partial charge in [0, 0.05) is 23.3 Å². The van der Waals surface area contributed by atoms with Crippen LogP contribution in [0.5, 0.6) is 0 Å². The summed E-state index contributed by atoms with van der Waals surface area (Å²) in [5.41, 5.74) is 7.65. The Balaban J connectivity index is 1.85. The number of likely N-dealkylation sites (tertiary alicyclic amines) is 1. The lowest BCUT2D eigenvalue weighted by Gasteiger charge is -2.17. The first kappa shape index (κ1) is 15.3. The summed E-state index contributed by atoms with van der Waals surface area (Å²) >= 11 is 6.05. The van der Waals surface area contributed by atoms with E-state index in [4.69, 9.17) is 17.3 Å². The quantitative estimate of drug-likeness (QED) is 0.896. The fraction of sp³-hybridized carbons (Fsp3) is 0.533. The molecule has 2 unspecified atom stereocenters. The van der Waals surface area contributed by atoms with Crippen molar-refractivity contribution in [2.45, 2.75) is 26.3 Å². The van der Waals surface area contributed by atoms with Crippen molar-refractivity contribution in [3.05, 3.63) is 28.8 Å². The number of hydrogen-bond acceptors (Lipinski definition) is 3. The number of rotatable bonds is 4. The average molecular weight is 296 g/mol. The van der Waals surface area contributed by atoms with Crippen LogP contribution in [0.25, 0.3) is 0 Å². The van der Waals surface area contributed by atoms with Gasteiger partial charge in [-0.15, -0.1) is 0 Å². The Kier molecular flexibility index (Phi) is 5.02. The second-order valence-corrected chi connectivity index (χ2v) is 6.06. The molecule has 3 N–H and O–H groups in total. The van der Waals surface area contributed by atoms with Crippen molar-refractivity contribution in [2.24, 2.45) is 11.7 Å². The van der Waals surface area contributed by atoms with Crippen molar-refractivity contribution in [2.75, 3.05) is 25.0 Å². The summed E-state index contributed by atoms with van der Waals surface area (Å²) in [5, 5.41) is 3.55. The SMILES string of the molecule is Cc1ccc(NC(=O)CN2CCC(C(C)N)C2)cc1Cl. The van der Waals surface area contributed by atoms with Crippen LogP contribution in [0.15, 0.2) is 18.2 Å². The molecule has 2 atom stereocenters. The number of carbonyl (C=O) groups excluding carboxylic acids is 1. The van der Waals surface area contributed by atoms with Crippen LogP contribution in [0.3, 0.4) is 0 Å². The average Bonchev–Trinajstić information content (AvgIpc) is 2.82. The minimum absolute atomic E-state index is 0.00440. The molecule has 0 aromatic heterocycles. The molecule has 1 aromatic rings. The van der Waals surface area contributed by atoms with Crippen LogP contribution in [-0.2, 0) is 4.79 Å². The summed E-state index contributed by atoms with van der Waals surface area (Å²) in [6.45, 7) is 6.22. The zero-order valence-electron chi connectivity index (χ0n) is 12.0. The van der Waals surface area contributed by atoms with Crippen molar-refractivity contribution in [3.63, 3.8) is 0 Å². The van der Waals surface area contributed by atoms with Crippen LogP contribution in [0.2, 0.25) is 5.02 Å². The fourth-order valence-corrected chi connectivity index (χ4v) is 2.69. The minimum Gasteiger partial charge on any atom is -0.328 e. The van der Waals surface area contributed by atoms with Gasteiger partial charge in [-0.05, 0) is 50.4 Å². The number of halogens is 1. The molecule has 1 saturated heterocycles. The summed E-state index contributed by atoms with van der Waals surface area (Å²) in [6, 6.07) is 5.75. The molecule has 110 valence electrons. The molecule has 1 aromatic carbocycles. The van der Waals surface area contributed by atoms with Gasteiger partial charge in [0.1, 0.15) is 0 Å². The number of carbonyl (C=O) groups is 1. The van der Waals surface area contributed by atoms with Gasteiger partial charge < -0.3 is 11.1 Å². The number of amides is 1. The molecule has 0 saturated carbocycles. The van der Waals surface area contributed by atoms with Crippen molar-refractivity contribution < 1.29 is 4.79 Å². The molecular weight excluding hydrogens is 274 g/mol. The van der Waals surface area contributed by atoms with E-state index in [1.54, 1.807) is 6.07 Å². The van der Waals surface area contributed by atoms with Gasteiger partial charge in [0.25, 0.3) is 0 Å². The predicted molar refractivity (Wildman–Crippen MR) is 83.0 cm³/mol. The van der Waals surface area contributed by atoms with E-state index in [1.807, 2.05) is 26.0 Å². The molecule has 1 fully saturated rings. The lowest BCUT2D eigenvalue weighted by molar-refractivity contribution is -0.117. The number of hydrogen-bond donors (Lipinski definition) is 2. The monoisotopic (exact) mass is 295 g/mol. The first-order valence-electron chi connectivity index (χ1n) is 6.99. The molecule has 5 heteroatoms. The number of nitrogens with two attached hydrogens (primary N) is 1. The zero-order valence-corrected chi connectivity index (χ0v) is 12.8. The maximum atomic E-state index is 12.0. The fourth-order valence-electron chi connectivity index (χ4n) is 2.51. The second-order valence-electron chi connectivity index (χ2n) is 5.66. The maximum absolute atomic E-state index is 12.0. The summed E-state index contributed by atoms with van der Waals surface area (Å²) < 4.78 is 0. The van der Waals surface area contributed by atoms with Crippen LogP contribution in [0.4, 0.5) is 5.69 Å². The third-order valence-corrected chi connectivity index (χ3v) is 4.28.